The second-order valence-electron chi connectivity index (χ2n) is 7.10. The topological polar surface area (TPSA) is 82.3 Å². The van der Waals surface area contributed by atoms with E-state index in [1.807, 2.05) is 4.72 Å². The van der Waals surface area contributed by atoms with Gasteiger partial charge in [0.15, 0.2) is 0 Å². The van der Waals surface area contributed by atoms with E-state index in [1.165, 1.54) is 13.8 Å². The molecular formula is C18H17ClF5N3O3S. The van der Waals surface area contributed by atoms with Gasteiger partial charge in [0, 0.05) is 29.4 Å². The van der Waals surface area contributed by atoms with Crippen molar-refractivity contribution < 1.29 is 35.2 Å². The Morgan fingerprint density at radius 1 is 1.23 bits per heavy atom. The maximum absolute atomic E-state index is 14.1. The molecule has 1 saturated heterocycles. The number of aryl methyl sites for hydroxylation is 2. The molecule has 0 atom stereocenters. The van der Waals surface area contributed by atoms with Gasteiger partial charge in [0.1, 0.15) is 4.90 Å². The summed E-state index contributed by atoms with van der Waals surface area (Å²) >= 11 is 5.60. The SMILES string of the molecule is Cc1[nH]c(C)c(S(=O)(=O)Nc2ccc(Cl)cc2C(F)(F)F)c1C(=O)N1CCCC1(F)F. The van der Waals surface area contributed by atoms with E-state index >= 15 is 0 Å². The number of alkyl halides is 5. The predicted molar refractivity (Wildman–Crippen MR) is 103 cm³/mol. The van der Waals surface area contributed by atoms with Crippen LogP contribution in [0.25, 0.3) is 0 Å². The Hall–Kier alpha value is -2.34. The van der Waals surface area contributed by atoms with Crippen LogP contribution in [0.5, 0.6) is 0 Å². The average Bonchev–Trinajstić information content (AvgIpc) is 3.13. The normalized spacial score (nSPS) is 16.6. The van der Waals surface area contributed by atoms with E-state index in [2.05, 4.69) is 4.98 Å². The van der Waals surface area contributed by atoms with E-state index in [9.17, 15) is 35.2 Å². The molecule has 13 heteroatoms. The molecule has 0 unspecified atom stereocenters. The lowest BCUT2D eigenvalue weighted by atomic mass is 10.2. The van der Waals surface area contributed by atoms with Gasteiger partial charge in [-0.2, -0.15) is 22.0 Å². The molecule has 0 spiro atoms. The number of rotatable bonds is 4. The molecule has 2 aromatic rings. The summed E-state index contributed by atoms with van der Waals surface area (Å²) in [6.45, 7) is 2.31. The molecule has 0 bridgehead atoms. The number of hydrogen-bond donors (Lipinski definition) is 2. The number of carbonyl (C=O) groups is 1. The summed E-state index contributed by atoms with van der Waals surface area (Å²) < 4.78 is 96.0. The van der Waals surface area contributed by atoms with Crippen molar-refractivity contribution in [3.8, 4) is 0 Å². The highest BCUT2D eigenvalue weighted by atomic mass is 35.5. The number of amides is 1. The minimum absolute atomic E-state index is 0.00211. The first-order valence-corrected chi connectivity index (χ1v) is 10.8. The first-order chi connectivity index (χ1) is 14.1. The number of anilines is 1. The summed E-state index contributed by atoms with van der Waals surface area (Å²) in [5.41, 5.74) is -2.79. The molecule has 0 aliphatic carbocycles. The van der Waals surface area contributed by atoms with Gasteiger partial charge in [0.2, 0.25) is 0 Å². The lowest BCUT2D eigenvalue weighted by Gasteiger charge is -2.24. The van der Waals surface area contributed by atoms with E-state index in [0.29, 0.717) is 6.07 Å². The number of aromatic nitrogens is 1. The van der Waals surface area contributed by atoms with Gasteiger partial charge >= 0.3 is 12.2 Å². The second-order valence-corrected chi connectivity index (χ2v) is 9.15. The summed E-state index contributed by atoms with van der Waals surface area (Å²) in [6.07, 6.45) is -5.47. The smallest absolute Gasteiger partial charge is 0.361 e. The van der Waals surface area contributed by atoms with Gasteiger partial charge in [-0.3, -0.25) is 14.4 Å². The summed E-state index contributed by atoms with van der Waals surface area (Å²) in [4.78, 5) is 15.0. The Labute approximate surface area is 179 Å². The van der Waals surface area contributed by atoms with E-state index in [0.717, 1.165) is 12.1 Å². The van der Waals surface area contributed by atoms with Crippen LogP contribution in [0.4, 0.5) is 27.6 Å². The quantitative estimate of drug-likeness (QED) is 0.475. The summed E-state index contributed by atoms with van der Waals surface area (Å²) in [7, 11) is -4.78. The lowest BCUT2D eigenvalue weighted by Crippen LogP contribution is -2.41. The molecule has 1 aromatic carbocycles. The average molecular weight is 486 g/mol. The zero-order valence-corrected chi connectivity index (χ0v) is 17.8. The Morgan fingerprint density at radius 3 is 2.42 bits per heavy atom. The number of sulfonamides is 1. The molecule has 1 fully saturated rings. The number of H-pyrrole nitrogens is 1. The van der Waals surface area contributed by atoms with Crippen LogP contribution in [0.15, 0.2) is 23.1 Å². The molecule has 2 heterocycles. The lowest BCUT2D eigenvalue weighted by molar-refractivity contribution is -0.136. The van der Waals surface area contributed by atoms with Crippen molar-refractivity contribution in [2.75, 3.05) is 11.3 Å². The van der Waals surface area contributed by atoms with Crippen LogP contribution in [0.2, 0.25) is 5.02 Å². The summed E-state index contributed by atoms with van der Waals surface area (Å²) in [5, 5.41) is -0.268. The van der Waals surface area contributed by atoms with Crippen LogP contribution in [0.1, 0.15) is 40.2 Å². The van der Waals surface area contributed by atoms with Crippen LogP contribution in [-0.4, -0.2) is 36.8 Å². The summed E-state index contributed by atoms with van der Waals surface area (Å²) in [5.74, 6) is -1.23. The standard InChI is InChI=1S/C18H17ClF5N3O3S/c1-9-14(16(28)27-7-3-6-17(27,20)21)15(10(2)25-9)31(29,30)26-13-5-4-11(19)8-12(13)18(22,23)24/h4-5,8,25-26H,3,6-7H2,1-2H3. The number of likely N-dealkylation sites (tertiary alicyclic amines) is 1. The molecular weight excluding hydrogens is 469 g/mol. The van der Waals surface area contributed by atoms with Crippen molar-refractivity contribution in [3.05, 3.63) is 45.7 Å². The first kappa shape index (κ1) is 23.3. The van der Waals surface area contributed by atoms with Gasteiger partial charge < -0.3 is 4.98 Å². The maximum atomic E-state index is 14.1. The highest BCUT2D eigenvalue weighted by molar-refractivity contribution is 7.92. The van der Waals surface area contributed by atoms with Gasteiger partial charge in [0.25, 0.3) is 15.9 Å². The monoisotopic (exact) mass is 485 g/mol. The Balaban J connectivity index is 2.09. The highest BCUT2D eigenvalue weighted by Crippen LogP contribution is 2.39. The fourth-order valence-electron chi connectivity index (χ4n) is 3.52. The van der Waals surface area contributed by atoms with Crippen LogP contribution < -0.4 is 4.72 Å². The van der Waals surface area contributed by atoms with Gasteiger partial charge in [0.05, 0.1) is 16.8 Å². The number of benzene rings is 1. The van der Waals surface area contributed by atoms with Gasteiger partial charge in [-0.15, -0.1) is 0 Å². The third-order valence-electron chi connectivity index (χ3n) is 4.83. The number of nitrogens with zero attached hydrogens (tertiary/aromatic N) is 1. The van der Waals surface area contributed by atoms with Gasteiger partial charge in [-0.25, -0.2) is 8.42 Å². The fraction of sp³-hybridized carbons (Fsp3) is 0.389. The Bertz CT molecular complexity index is 1150. The zero-order chi connectivity index (χ0) is 23.4. The van der Waals surface area contributed by atoms with Crippen LogP contribution in [0, 0.1) is 13.8 Å². The van der Waals surface area contributed by atoms with Crippen molar-refractivity contribution in [2.24, 2.45) is 0 Å². The molecule has 1 aliphatic heterocycles. The molecule has 1 aromatic heterocycles. The number of aromatic amines is 1. The minimum atomic E-state index is -4.93. The number of halogens is 6. The molecule has 6 nitrogen and oxygen atoms in total. The number of nitrogens with one attached hydrogen (secondary N) is 2. The molecule has 2 N–H and O–H groups in total. The molecule has 1 aliphatic rings. The van der Waals surface area contributed by atoms with Crippen molar-refractivity contribution in [3.63, 3.8) is 0 Å². The van der Waals surface area contributed by atoms with Crippen molar-refractivity contribution >= 4 is 33.2 Å². The molecule has 0 radical (unpaired) electrons. The molecule has 170 valence electrons. The summed E-state index contributed by atoms with van der Waals surface area (Å²) in [6, 6.07) is -1.03. The Kier molecular flexibility index (Phi) is 5.76. The second kappa shape index (κ2) is 7.66. The maximum Gasteiger partial charge on any atom is 0.418 e. The van der Waals surface area contributed by atoms with Crippen LogP contribution >= 0.6 is 11.6 Å². The van der Waals surface area contributed by atoms with Crippen molar-refractivity contribution in [1.29, 1.82) is 0 Å². The van der Waals surface area contributed by atoms with E-state index in [-0.39, 0.29) is 34.3 Å². The first-order valence-electron chi connectivity index (χ1n) is 8.93. The van der Waals surface area contributed by atoms with E-state index < -0.39 is 56.3 Å². The fourth-order valence-corrected chi connectivity index (χ4v) is 5.23. The zero-order valence-electron chi connectivity index (χ0n) is 16.2. The van der Waals surface area contributed by atoms with Crippen LogP contribution in [0.3, 0.4) is 0 Å². The van der Waals surface area contributed by atoms with Gasteiger partial charge in [-0.1, -0.05) is 11.6 Å². The molecule has 1 amide bonds. The molecule has 0 saturated carbocycles. The van der Waals surface area contributed by atoms with E-state index in [4.69, 9.17) is 11.6 Å². The number of carbonyl (C=O) groups excluding carboxylic acids is 1. The van der Waals surface area contributed by atoms with Crippen molar-refractivity contribution in [2.45, 2.75) is 43.8 Å². The molecule has 31 heavy (non-hydrogen) atoms. The minimum Gasteiger partial charge on any atom is -0.361 e. The van der Waals surface area contributed by atoms with Crippen molar-refractivity contribution in [1.82, 2.24) is 9.88 Å². The van der Waals surface area contributed by atoms with Crippen LogP contribution in [-0.2, 0) is 16.2 Å². The predicted octanol–water partition coefficient (Wildman–Crippen LogP) is 4.93. The largest absolute Gasteiger partial charge is 0.418 e. The van der Waals surface area contributed by atoms with E-state index in [1.54, 1.807) is 0 Å². The third-order valence-corrected chi connectivity index (χ3v) is 6.60. The number of hydrogen-bond acceptors (Lipinski definition) is 3. The Morgan fingerprint density at radius 2 is 1.87 bits per heavy atom. The van der Waals surface area contributed by atoms with Gasteiger partial charge in [-0.05, 0) is 38.5 Å². The third kappa shape index (κ3) is 4.36. The highest BCUT2D eigenvalue weighted by Gasteiger charge is 2.47. The molecule has 3 rings (SSSR count).